The molecule has 0 saturated heterocycles. The Morgan fingerprint density at radius 2 is 1.86 bits per heavy atom. The highest BCUT2D eigenvalue weighted by Gasteiger charge is 2.20. The first-order chi connectivity index (χ1) is 10.8. The van der Waals surface area contributed by atoms with Crippen molar-refractivity contribution in [1.82, 2.24) is 10.6 Å². The maximum Gasteiger partial charge on any atom is 0.191 e. The van der Waals surface area contributed by atoms with Crippen LogP contribution in [0.1, 0.15) is 64.7 Å². The van der Waals surface area contributed by atoms with Crippen LogP contribution in [-0.4, -0.2) is 49.0 Å². The van der Waals surface area contributed by atoms with Gasteiger partial charge >= 0.3 is 0 Å². The van der Waals surface area contributed by atoms with Crippen molar-refractivity contribution < 1.29 is 9.84 Å². The average Bonchev–Trinajstić information content (AvgIpc) is 3.02. The molecule has 22 heavy (non-hydrogen) atoms. The standard InChI is InChI=1S/C17H33N3O2/c1-2-18-17(20-14-8-10-15(21)11-9-14)19-12-5-13-22-16-6-3-4-7-16/h14-16,21H,2-13H2,1H3,(H2,18,19,20). The minimum atomic E-state index is -0.106. The molecular weight excluding hydrogens is 278 g/mol. The molecule has 2 saturated carbocycles. The predicted molar refractivity (Wildman–Crippen MR) is 90.2 cm³/mol. The van der Waals surface area contributed by atoms with E-state index in [1.807, 2.05) is 0 Å². The first kappa shape index (κ1) is 17.5. The number of hydrogen-bond donors (Lipinski definition) is 3. The summed E-state index contributed by atoms with van der Waals surface area (Å²) in [6, 6.07) is 0.441. The largest absolute Gasteiger partial charge is 0.393 e. The smallest absolute Gasteiger partial charge is 0.191 e. The Balaban J connectivity index is 1.63. The van der Waals surface area contributed by atoms with Gasteiger partial charge in [-0.25, -0.2) is 0 Å². The van der Waals surface area contributed by atoms with Crippen molar-refractivity contribution in [3.8, 4) is 0 Å². The molecule has 0 radical (unpaired) electrons. The lowest BCUT2D eigenvalue weighted by Gasteiger charge is -2.27. The molecule has 2 aliphatic rings. The maximum absolute atomic E-state index is 9.57. The van der Waals surface area contributed by atoms with Crippen LogP contribution < -0.4 is 10.6 Å². The molecule has 0 atom stereocenters. The molecule has 0 aliphatic heterocycles. The Morgan fingerprint density at radius 3 is 2.55 bits per heavy atom. The fourth-order valence-electron chi connectivity index (χ4n) is 3.29. The number of aliphatic hydroxyl groups is 1. The second kappa shape index (κ2) is 10.1. The monoisotopic (exact) mass is 311 g/mol. The second-order valence-corrected chi connectivity index (χ2v) is 6.54. The molecule has 0 aromatic heterocycles. The van der Waals surface area contributed by atoms with Crippen molar-refractivity contribution >= 4 is 5.96 Å². The zero-order valence-electron chi connectivity index (χ0n) is 14.0. The molecule has 2 aliphatic carbocycles. The van der Waals surface area contributed by atoms with Crippen LogP contribution >= 0.6 is 0 Å². The number of hydrogen-bond acceptors (Lipinski definition) is 3. The molecule has 2 fully saturated rings. The Labute approximate surface area is 134 Å². The van der Waals surface area contributed by atoms with E-state index >= 15 is 0 Å². The van der Waals surface area contributed by atoms with Gasteiger partial charge in [-0.1, -0.05) is 12.8 Å². The van der Waals surface area contributed by atoms with Gasteiger partial charge in [0.2, 0.25) is 0 Å². The molecule has 128 valence electrons. The highest BCUT2D eigenvalue weighted by molar-refractivity contribution is 5.80. The topological polar surface area (TPSA) is 65.9 Å². The number of ether oxygens (including phenoxy) is 1. The first-order valence-corrected chi connectivity index (χ1v) is 9.12. The van der Waals surface area contributed by atoms with Crippen LogP contribution in [0.15, 0.2) is 4.99 Å². The average molecular weight is 311 g/mol. The molecule has 3 N–H and O–H groups in total. The van der Waals surface area contributed by atoms with Gasteiger partial charge in [0, 0.05) is 25.7 Å². The summed E-state index contributed by atoms with van der Waals surface area (Å²) in [7, 11) is 0. The number of aliphatic hydroxyl groups excluding tert-OH is 1. The zero-order chi connectivity index (χ0) is 15.6. The van der Waals surface area contributed by atoms with E-state index in [4.69, 9.17) is 4.74 Å². The van der Waals surface area contributed by atoms with Crippen molar-refractivity contribution in [3.63, 3.8) is 0 Å². The van der Waals surface area contributed by atoms with Crippen molar-refractivity contribution in [2.45, 2.75) is 83.0 Å². The minimum Gasteiger partial charge on any atom is -0.393 e. The van der Waals surface area contributed by atoms with Crippen molar-refractivity contribution in [2.24, 2.45) is 4.99 Å². The van der Waals surface area contributed by atoms with E-state index in [2.05, 4.69) is 22.5 Å². The predicted octanol–water partition coefficient (Wildman–Crippen LogP) is 2.19. The van der Waals surface area contributed by atoms with Gasteiger partial charge in [0.05, 0.1) is 12.2 Å². The Hall–Kier alpha value is -0.810. The number of guanidine groups is 1. The van der Waals surface area contributed by atoms with Crippen LogP contribution in [-0.2, 0) is 4.74 Å². The van der Waals surface area contributed by atoms with Crippen molar-refractivity contribution in [2.75, 3.05) is 19.7 Å². The molecule has 0 unspecified atom stereocenters. The van der Waals surface area contributed by atoms with Gasteiger partial charge in [0.15, 0.2) is 5.96 Å². The lowest BCUT2D eigenvalue weighted by molar-refractivity contribution is 0.0579. The van der Waals surface area contributed by atoms with E-state index in [1.165, 1.54) is 25.7 Å². The van der Waals surface area contributed by atoms with Crippen LogP contribution in [0.2, 0.25) is 0 Å². The number of rotatable bonds is 7. The van der Waals surface area contributed by atoms with Crippen LogP contribution in [0.4, 0.5) is 0 Å². The van der Waals surface area contributed by atoms with Gasteiger partial charge in [-0.2, -0.15) is 0 Å². The third kappa shape index (κ3) is 6.53. The quantitative estimate of drug-likeness (QED) is 0.383. The molecular formula is C17H33N3O2. The van der Waals surface area contributed by atoms with Gasteiger partial charge in [0.25, 0.3) is 0 Å². The summed E-state index contributed by atoms with van der Waals surface area (Å²) in [6.07, 6.45) is 10.3. The normalized spacial score (nSPS) is 27.1. The third-order valence-corrected chi connectivity index (χ3v) is 4.61. The van der Waals surface area contributed by atoms with Gasteiger partial charge < -0.3 is 20.5 Å². The molecule has 5 heteroatoms. The fraction of sp³-hybridized carbons (Fsp3) is 0.941. The van der Waals surface area contributed by atoms with E-state index in [0.717, 1.165) is 57.8 Å². The highest BCUT2D eigenvalue weighted by atomic mass is 16.5. The molecule has 5 nitrogen and oxygen atoms in total. The van der Waals surface area contributed by atoms with Gasteiger partial charge in [-0.15, -0.1) is 0 Å². The van der Waals surface area contributed by atoms with E-state index < -0.39 is 0 Å². The Kier molecular flexibility index (Phi) is 8.02. The summed E-state index contributed by atoms with van der Waals surface area (Å²) < 4.78 is 5.87. The second-order valence-electron chi connectivity index (χ2n) is 6.54. The molecule has 0 aromatic carbocycles. The summed E-state index contributed by atoms with van der Waals surface area (Å²) >= 11 is 0. The van der Waals surface area contributed by atoms with Crippen LogP contribution in [0.3, 0.4) is 0 Å². The first-order valence-electron chi connectivity index (χ1n) is 9.12. The summed E-state index contributed by atoms with van der Waals surface area (Å²) in [6.45, 7) is 4.59. The van der Waals surface area contributed by atoms with E-state index in [9.17, 15) is 5.11 Å². The van der Waals surface area contributed by atoms with E-state index in [-0.39, 0.29) is 6.10 Å². The Morgan fingerprint density at radius 1 is 1.14 bits per heavy atom. The zero-order valence-corrected chi connectivity index (χ0v) is 14.0. The van der Waals surface area contributed by atoms with E-state index in [0.29, 0.717) is 12.1 Å². The fourth-order valence-corrected chi connectivity index (χ4v) is 3.29. The van der Waals surface area contributed by atoms with Gasteiger partial charge in [-0.3, -0.25) is 4.99 Å². The number of nitrogens with one attached hydrogen (secondary N) is 2. The molecule has 0 heterocycles. The summed E-state index contributed by atoms with van der Waals surface area (Å²) in [5.74, 6) is 0.907. The summed E-state index contributed by atoms with van der Waals surface area (Å²) in [4.78, 5) is 4.64. The lowest BCUT2D eigenvalue weighted by Crippen LogP contribution is -2.45. The van der Waals surface area contributed by atoms with Crippen molar-refractivity contribution in [1.29, 1.82) is 0 Å². The van der Waals surface area contributed by atoms with Crippen LogP contribution in [0, 0.1) is 0 Å². The molecule has 0 spiro atoms. The molecule has 2 rings (SSSR count). The molecule has 0 aromatic rings. The van der Waals surface area contributed by atoms with Crippen LogP contribution in [0.25, 0.3) is 0 Å². The Bertz CT molecular complexity index is 322. The highest BCUT2D eigenvalue weighted by Crippen LogP contribution is 2.21. The lowest BCUT2D eigenvalue weighted by atomic mass is 9.93. The third-order valence-electron chi connectivity index (χ3n) is 4.61. The minimum absolute atomic E-state index is 0.106. The van der Waals surface area contributed by atoms with E-state index in [1.54, 1.807) is 0 Å². The van der Waals surface area contributed by atoms with Gasteiger partial charge in [0.1, 0.15) is 0 Å². The number of aliphatic imine (C=N–C) groups is 1. The summed E-state index contributed by atoms with van der Waals surface area (Å²) in [5, 5.41) is 16.4. The SMILES string of the molecule is CCNC(=NCCCOC1CCCC1)NC1CCC(O)CC1. The molecule has 0 amide bonds. The number of nitrogens with zero attached hydrogens (tertiary/aromatic N) is 1. The van der Waals surface area contributed by atoms with Crippen LogP contribution in [0.5, 0.6) is 0 Å². The van der Waals surface area contributed by atoms with Crippen molar-refractivity contribution in [3.05, 3.63) is 0 Å². The van der Waals surface area contributed by atoms with Gasteiger partial charge in [-0.05, 0) is 51.9 Å². The molecule has 0 bridgehead atoms. The maximum atomic E-state index is 9.57. The summed E-state index contributed by atoms with van der Waals surface area (Å²) in [5.41, 5.74) is 0.